The second-order valence-electron chi connectivity index (χ2n) is 4.17. The van der Waals surface area contributed by atoms with Crippen molar-refractivity contribution in [2.45, 2.75) is 32.7 Å². The number of hydrogen-bond acceptors (Lipinski definition) is 3. The van der Waals surface area contributed by atoms with Crippen LogP contribution in [0.5, 0.6) is 0 Å². The topological polar surface area (TPSA) is 71.9 Å². The highest BCUT2D eigenvalue weighted by atomic mass is 35.5. The normalized spacial score (nSPS) is 14.4. The number of aromatic nitrogens is 2. The fourth-order valence-electron chi connectivity index (χ4n) is 1.73. The van der Waals surface area contributed by atoms with Crippen molar-refractivity contribution in [1.29, 1.82) is 0 Å². The standard InChI is InChI=1S/C11H17ClN2O3S/c1-4-8-9(12)13-11(16)14(10(8)15)7(2)5-6-18(3)17/h7H,4-6H2,1-3H3,(H,13,16). The molecule has 2 unspecified atom stereocenters. The molecule has 18 heavy (non-hydrogen) atoms. The average molecular weight is 293 g/mol. The van der Waals surface area contributed by atoms with Gasteiger partial charge in [-0.05, 0) is 19.8 Å². The van der Waals surface area contributed by atoms with Gasteiger partial charge in [0.1, 0.15) is 5.15 Å². The van der Waals surface area contributed by atoms with Crippen LogP contribution in [0, 0.1) is 0 Å². The number of rotatable bonds is 5. The maximum absolute atomic E-state index is 12.1. The predicted molar refractivity (Wildman–Crippen MR) is 74.0 cm³/mol. The molecule has 0 aliphatic heterocycles. The zero-order valence-corrected chi connectivity index (χ0v) is 12.2. The molecule has 0 amide bonds. The molecule has 2 atom stereocenters. The summed E-state index contributed by atoms with van der Waals surface area (Å²) in [5.41, 5.74) is -0.474. The number of H-pyrrole nitrogens is 1. The highest BCUT2D eigenvalue weighted by Gasteiger charge is 2.16. The third-order valence-electron chi connectivity index (χ3n) is 2.79. The summed E-state index contributed by atoms with van der Waals surface area (Å²) in [5, 5.41) is 0.106. The molecule has 102 valence electrons. The number of halogens is 1. The molecule has 1 heterocycles. The van der Waals surface area contributed by atoms with Crippen molar-refractivity contribution < 1.29 is 4.21 Å². The van der Waals surface area contributed by atoms with Gasteiger partial charge in [-0.1, -0.05) is 18.5 Å². The van der Waals surface area contributed by atoms with Crippen LogP contribution in [0.1, 0.15) is 31.9 Å². The first kappa shape index (κ1) is 15.2. The van der Waals surface area contributed by atoms with Crippen LogP contribution in [-0.4, -0.2) is 25.8 Å². The van der Waals surface area contributed by atoms with Crippen molar-refractivity contribution in [2.75, 3.05) is 12.0 Å². The van der Waals surface area contributed by atoms with Crippen molar-refractivity contribution >= 4 is 22.4 Å². The van der Waals surface area contributed by atoms with Gasteiger partial charge in [0.25, 0.3) is 5.56 Å². The zero-order chi connectivity index (χ0) is 13.9. The smallest absolute Gasteiger partial charge is 0.297 e. The molecular weight excluding hydrogens is 276 g/mol. The Morgan fingerprint density at radius 2 is 2.06 bits per heavy atom. The van der Waals surface area contributed by atoms with Crippen LogP contribution in [0.3, 0.4) is 0 Å². The van der Waals surface area contributed by atoms with E-state index < -0.39 is 16.5 Å². The lowest BCUT2D eigenvalue weighted by molar-refractivity contribution is 0.487. The molecule has 5 nitrogen and oxygen atoms in total. The summed E-state index contributed by atoms with van der Waals surface area (Å²) in [4.78, 5) is 26.3. The van der Waals surface area contributed by atoms with Gasteiger partial charge in [0.2, 0.25) is 0 Å². The van der Waals surface area contributed by atoms with Crippen LogP contribution in [0.25, 0.3) is 0 Å². The van der Waals surface area contributed by atoms with Crippen molar-refractivity contribution in [2.24, 2.45) is 0 Å². The summed E-state index contributed by atoms with van der Waals surface area (Å²) in [6.45, 7) is 3.56. The highest BCUT2D eigenvalue weighted by Crippen LogP contribution is 2.10. The van der Waals surface area contributed by atoms with E-state index in [1.807, 2.05) is 0 Å². The number of aromatic amines is 1. The maximum atomic E-state index is 12.1. The fraction of sp³-hybridized carbons (Fsp3) is 0.636. The molecule has 1 aromatic rings. The van der Waals surface area contributed by atoms with Gasteiger partial charge in [-0.3, -0.25) is 18.6 Å². The molecule has 1 aromatic heterocycles. The van der Waals surface area contributed by atoms with Crippen LogP contribution in [0.15, 0.2) is 9.59 Å². The van der Waals surface area contributed by atoms with Crippen molar-refractivity contribution in [3.8, 4) is 0 Å². The van der Waals surface area contributed by atoms with E-state index in [1.54, 1.807) is 20.1 Å². The molecular formula is C11H17ClN2O3S. The Bertz CT molecular complexity index is 564. The van der Waals surface area contributed by atoms with Crippen LogP contribution >= 0.6 is 11.6 Å². The molecule has 0 saturated carbocycles. The van der Waals surface area contributed by atoms with Crippen LogP contribution in [0.2, 0.25) is 5.15 Å². The molecule has 1 rings (SSSR count). The first-order chi connectivity index (χ1) is 8.38. The summed E-state index contributed by atoms with van der Waals surface area (Å²) in [7, 11) is -0.938. The molecule has 1 N–H and O–H groups in total. The highest BCUT2D eigenvalue weighted by molar-refractivity contribution is 7.84. The monoisotopic (exact) mass is 292 g/mol. The minimum Gasteiger partial charge on any atom is -0.297 e. The average Bonchev–Trinajstić information content (AvgIpc) is 2.26. The molecule has 0 aliphatic carbocycles. The van der Waals surface area contributed by atoms with E-state index in [0.29, 0.717) is 24.2 Å². The summed E-state index contributed by atoms with van der Waals surface area (Å²) < 4.78 is 12.2. The van der Waals surface area contributed by atoms with E-state index in [1.165, 1.54) is 0 Å². The maximum Gasteiger partial charge on any atom is 0.329 e. The lowest BCUT2D eigenvalue weighted by atomic mass is 10.2. The minimum absolute atomic E-state index is 0.106. The van der Waals surface area contributed by atoms with Gasteiger partial charge in [-0.25, -0.2) is 4.79 Å². The lowest BCUT2D eigenvalue weighted by Crippen LogP contribution is -2.39. The minimum atomic E-state index is -0.938. The van der Waals surface area contributed by atoms with Crippen molar-refractivity contribution in [1.82, 2.24) is 9.55 Å². The van der Waals surface area contributed by atoms with Gasteiger partial charge < -0.3 is 0 Å². The summed E-state index contributed by atoms with van der Waals surface area (Å²) in [6, 6.07) is -0.298. The zero-order valence-electron chi connectivity index (χ0n) is 10.7. The molecule has 7 heteroatoms. The predicted octanol–water partition coefficient (Wildman–Crippen LogP) is 1.08. The van der Waals surface area contributed by atoms with Gasteiger partial charge in [-0.2, -0.15) is 0 Å². The van der Waals surface area contributed by atoms with Gasteiger partial charge in [-0.15, -0.1) is 0 Å². The first-order valence-electron chi connectivity index (χ1n) is 5.71. The Morgan fingerprint density at radius 1 is 1.44 bits per heavy atom. The van der Waals surface area contributed by atoms with Gasteiger partial charge in [0.15, 0.2) is 0 Å². The fourth-order valence-corrected chi connectivity index (χ4v) is 2.70. The molecule has 0 spiro atoms. The van der Waals surface area contributed by atoms with E-state index in [0.717, 1.165) is 4.57 Å². The number of nitrogens with one attached hydrogen (secondary N) is 1. The Morgan fingerprint density at radius 3 is 2.56 bits per heavy atom. The second kappa shape index (κ2) is 6.33. The molecule has 0 fully saturated rings. The molecule has 0 aromatic carbocycles. The Balaban J connectivity index is 3.20. The number of nitrogens with zero attached hydrogens (tertiary/aromatic N) is 1. The van der Waals surface area contributed by atoms with Crippen molar-refractivity contribution in [3.63, 3.8) is 0 Å². The van der Waals surface area contributed by atoms with Crippen LogP contribution < -0.4 is 11.2 Å². The van der Waals surface area contributed by atoms with E-state index in [9.17, 15) is 13.8 Å². The number of hydrogen-bond donors (Lipinski definition) is 1. The quantitative estimate of drug-likeness (QED) is 0.826. The summed E-state index contributed by atoms with van der Waals surface area (Å²) >= 11 is 5.82. The van der Waals surface area contributed by atoms with Gasteiger partial charge in [0.05, 0.1) is 5.56 Å². The Kier molecular flexibility index (Phi) is 5.34. The van der Waals surface area contributed by atoms with E-state index in [-0.39, 0.29) is 16.8 Å². The van der Waals surface area contributed by atoms with E-state index in [4.69, 9.17) is 11.6 Å². The molecule has 0 bridgehead atoms. The second-order valence-corrected chi connectivity index (χ2v) is 6.10. The molecule has 0 radical (unpaired) electrons. The molecule has 0 aliphatic rings. The van der Waals surface area contributed by atoms with Gasteiger partial charge in [0, 0.05) is 28.9 Å². The van der Waals surface area contributed by atoms with E-state index in [2.05, 4.69) is 4.98 Å². The van der Waals surface area contributed by atoms with Gasteiger partial charge >= 0.3 is 5.69 Å². The third kappa shape index (κ3) is 3.32. The largest absolute Gasteiger partial charge is 0.329 e. The SMILES string of the molecule is CCc1c(Cl)[nH]c(=O)n(C(C)CCS(C)=O)c1=O. The van der Waals surface area contributed by atoms with Crippen LogP contribution in [0.4, 0.5) is 0 Å². The van der Waals surface area contributed by atoms with E-state index >= 15 is 0 Å². The lowest BCUT2D eigenvalue weighted by Gasteiger charge is -2.14. The van der Waals surface area contributed by atoms with Crippen molar-refractivity contribution in [3.05, 3.63) is 31.6 Å². The summed E-state index contributed by atoms with van der Waals surface area (Å²) in [5.74, 6) is 0.455. The first-order valence-corrected chi connectivity index (χ1v) is 7.82. The third-order valence-corrected chi connectivity index (χ3v) is 3.93. The molecule has 0 saturated heterocycles. The summed E-state index contributed by atoms with van der Waals surface area (Å²) in [6.07, 6.45) is 2.57. The van der Waals surface area contributed by atoms with Crippen LogP contribution in [-0.2, 0) is 17.2 Å². The Labute approximate surface area is 113 Å². The Hall–Kier alpha value is -0.880.